The summed E-state index contributed by atoms with van der Waals surface area (Å²) in [6, 6.07) is 8.88. The quantitative estimate of drug-likeness (QED) is 0.515. The third-order valence-corrected chi connectivity index (χ3v) is 6.07. The number of hydrogen-bond donors (Lipinski definition) is 1. The number of hydrogen-bond acceptors (Lipinski definition) is 6. The monoisotopic (exact) mass is 445 g/mol. The molecule has 168 valence electrons. The summed E-state index contributed by atoms with van der Waals surface area (Å²) >= 11 is 0. The van der Waals surface area contributed by atoms with Crippen molar-refractivity contribution >= 4 is 22.6 Å². The summed E-state index contributed by atoms with van der Waals surface area (Å²) in [4.78, 5) is 41.5. The highest BCUT2D eigenvalue weighted by Gasteiger charge is 2.17. The third kappa shape index (κ3) is 3.63. The molecule has 33 heavy (non-hydrogen) atoms. The molecule has 1 amide bonds. The molecule has 1 N–H and O–H groups in total. The molecule has 10 heteroatoms. The highest BCUT2D eigenvalue weighted by Crippen LogP contribution is 2.24. The Morgan fingerprint density at radius 1 is 1.00 bits per heavy atom. The minimum absolute atomic E-state index is 0.204. The van der Waals surface area contributed by atoms with Crippen LogP contribution in [-0.2, 0) is 27.1 Å². The molecule has 0 aliphatic carbocycles. The first-order chi connectivity index (χ1) is 15.9. The standard InChI is InChI=1S/C23H23N7O3/c1-28-20-17(22(32)29(2)23(28)33)12-15(13-24-20)21(31)25-16-9-7-14(8-10-16)19-27-26-18-6-4-3-5-11-30(18)19/h7-10,12-13H,3-6,11H2,1-2H3,(H,25,31). The number of pyridine rings is 1. The van der Waals surface area contributed by atoms with E-state index in [4.69, 9.17) is 0 Å². The zero-order chi connectivity index (χ0) is 23.1. The van der Waals surface area contributed by atoms with Gasteiger partial charge in [-0.1, -0.05) is 6.42 Å². The molecule has 0 radical (unpaired) electrons. The van der Waals surface area contributed by atoms with Gasteiger partial charge in [0.1, 0.15) is 11.5 Å². The summed E-state index contributed by atoms with van der Waals surface area (Å²) in [5, 5.41) is 11.7. The largest absolute Gasteiger partial charge is 0.332 e. The molecule has 0 atom stereocenters. The van der Waals surface area contributed by atoms with Gasteiger partial charge in [0.2, 0.25) is 0 Å². The fourth-order valence-corrected chi connectivity index (χ4v) is 4.19. The van der Waals surface area contributed by atoms with Gasteiger partial charge in [0.15, 0.2) is 5.82 Å². The summed E-state index contributed by atoms with van der Waals surface area (Å²) in [7, 11) is 2.93. The Kier molecular flexibility index (Phi) is 5.12. The lowest BCUT2D eigenvalue weighted by Crippen LogP contribution is -2.37. The van der Waals surface area contributed by atoms with Crippen LogP contribution >= 0.6 is 0 Å². The Labute approximate surface area is 188 Å². The van der Waals surface area contributed by atoms with Crippen LogP contribution in [0.5, 0.6) is 0 Å². The second-order valence-electron chi connectivity index (χ2n) is 8.23. The summed E-state index contributed by atoms with van der Waals surface area (Å²) in [6.45, 7) is 0.913. The molecule has 0 saturated heterocycles. The molecular formula is C23H23N7O3. The van der Waals surface area contributed by atoms with Crippen LogP contribution in [0, 0.1) is 0 Å². The molecule has 10 nitrogen and oxygen atoms in total. The van der Waals surface area contributed by atoms with E-state index in [2.05, 4.69) is 25.1 Å². The number of fused-ring (bicyclic) bond motifs is 2. The number of aryl methyl sites for hydroxylation is 2. The molecular weight excluding hydrogens is 422 g/mol. The number of benzene rings is 1. The lowest BCUT2D eigenvalue weighted by molar-refractivity contribution is 0.102. The molecule has 1 aliphatic rings. The lowest BCUT2D eigenvalue weighted by Gasteiger charge is -2.10. The van der Waals surface area contributed by atoms with E-state index >= 15 is 0 Å². The number of amides is 1. The number of nitrogens with one attached hydrogen (secondary N) is 1. The molecule has 4 heterocycles. The number of rotatable bonds is 3. The van der Waals surface area contributed by atoms with Crippen molar-refractivity contribution in [3.63, 3.8) is 0 Å². The maximum absolute atomic E-state index is 12.8. The maximum Gasteiger partial charge on any atom is 0.332 e. The van der Waals surface area contributed by atoms with Crippen molar-refractivity contribution < 1.29 is 4.79 Å². The van der Waals surface area contributed by atoms with E-state index in [1.807, 2.05) is 24.3 Å². The van der Waals surface area contributed by atoms with Crippen LogP contribution in [-0.4, -0.2) is 34.8 Å². The van der Waals surface area contributed by atoms with Crippen LogP contribution in [0.25, 0.3) is 22.4 Å². The number of carbonyl (C=O) groups excluding carboxylic acids is 1. The molecule has 0 unspecified atom stereocenters. The predicted octanol–water partition coefficient (Wildman–Crippen LogP) is 1.87. The predicted molar refractivity (Wildman–Crippen MR) is 123 cm³/mol. The lowest BCUT2D eigenvalue weighted by atomic mass is 10.1. The summed E-state index contributed by atoms with van der Waals surface area (Å²) in [5.41, 5.74) is 1.04. The van der Waals surface area contributed by atoms with Gasteiger partial charge in [-0.2, -0.15) is 0 Å². The molecule has 0 saturated carbocycles. The topological polar surface area (TPSA) is 117 Å². The zero-order valence-corrected chi connectivity index (χ0v) is 18.4. The fourth-order valence-electron chi connectivity index (χ4n) is 4.19. The minimum Gasteiger partial charge on any atom is -0.322 e. The minimum atomic E-state index is -0.493. The number of nitrogens with zero attached hydrogens (tertiary/aromatic N) is 6. The number of anilines is 1. The van der Waals surface area contributed by atoms with Gasteiger partial charge in [-0.3, -0.25) is 18.7 Å². The van der Waals surface area contributed by atoms with Crippen LogP contribution in [0.3, 0.4) is 0 Å². The first-order valence-electron chi connectivity index (χ1n) is 10.8. The zero-order valence-electron chi connectivity index (χ0n) is 18.4. The van der Waals surface area contributed by atoms with Crippen LogP contribution in [0.2, 0.25) is 0 Å². The second-order valence-corrected chi connectivity index (χ2v) is 8.23. The van der Waals surface area contributed by atoms with Crippen LogP contribution in [0.4, 0.5) is 5.69 Å². The van der Waals surface area contributed by atoms with Crippen LogP contribution in [0.1, 0.15) is 35.4 Å². The molecule has 0 fully saturated rings. The van der Waals surface area contributed by atoms with Crippen molar-refractivity contribution in [3.8, 4) is 11.4 Å². The van der Waals surface area contributed by atoms with E-state index in [1.165, 1.54) is 37.3 Å². The van der Waals surface area contributed by atoms with Gasteiger partial charge >= 0.3 is 5.69 Å². The average Bonchev–Trinajstić information content (AvgIpc) is 3.09. The SMILES string of the molecule is Cn1c(=O)c2cc(C(=O)Nc3ccc(-c4nnc5n4CCCCC5)cc3)cnc2n(C)c1=O. The van der Waals surface area contributed by atoms with Gasteiger partial charge in [0.25, 0.3) is 11.5 Å². The second kappa shape index (κ2) is 8.12. The molecule has 1 aliphatic heterocycles. The van der Waals surface area contributed by atoms with Crippen molar-refractivity contribution in [2.45, 2.75) is 32.2 Å². The van der Waals surface area contributed by atoms with E-state index in [9.17, 15) is 14.4 Å². The van der Waals surface area contributed by atoms with Gasteiger partial charge in [0.05, 0.1) is 10.9 Å². The van der Waals surface area contributed by atoms with E-state index in [1.54, 1.807) is 0 Å². The van der Waals surface area contributed by atoms with Crippen molar-refractivity contribution in [1.29, 1.82) is 0 Å². The van der Waals surface area contributed by atoms with Gasteiger partial charge < -0.3 is 9.88 Å². The van der Waals surface area contributed by atoms with Gasteiger partial charge in [0, 0.05) is 44.5 Å². The van der Waals surface area contributed by atoms with E-state index < -0.39 is 17.2 Å². The van der Waals surface area contributed by atoms with Crippen LogP contribution in [0.15, 0.2) is 46.1 Å². The fraction of sp³-hybridized carbons (Fsp3) is 0.304. The first-order valence-corrected chi connectivity index (χ1v) is 10.8. The number of carbonyl (C=O) groups is 1. The van der Waals surface area contributed by atoms with E-state index in [0.717, 1.165) is 47.6 Å². The van der Waals surface area contributed by atoms with Gasteiger partial charge in [-0.05, 0) is 43.2 Å². The van der Waals surface area contributed by atoms with Gasteiger partial charge in [-0.25, -0.2) is 9.78 Å². The number of aromatic nitrogens is 6. The molecule has 1 aromatic carbocycles. The van der Waals surface area contributed by atoms with Crippen molar-refractivity contribution in [2.24, 2.45) is 14.1 Å². The van der Waals surface area contributed by atoms with Crippen molar-refractivity contribution in [1.82, 2.24) is 28.9 Å². The highest BCUT2D eigenvalue weighted by atomic mass is 16.2. The average molecular weight is 445 g/mol. The van der Waals surface area contributed by atoms with Gasteiger partial charge in [-0.15, -0.1) is 10.2 Å². The summed E-state index contributed by atoms with van der Waals surface area (Å²) in [6.07, 6.45) is 5.74. The van der Waals surface area contributed by atoms with E-state index in [-0.39, 0.29) is 16.6 Å². The Morgan fingerprint density at radius 3 is 2.58 bits per heavy atom. The smallest absolute Gasteiger partial charge is 0.322 e. The molecule has 0 spiro atoms. The van der Waals surface area contributed by atoms with Crippen molar-refractivity contribution in [3.05, 3.63) is 68.8 Å². The Bertz CT molecular complexity index is 1500. The Hall–Kier alpha value is -4.08. The van der Waals surface area contributed by atoms with Crippen LogP contribution < -0.4 is 16.6 Å². The summed E-state index contributed by atoms with van der Waals surface area (Å²) < 4.78 is 4.45. The molecule has 5 rings (SSSR count). The maximum atomic E-state index is 12.8. The normalized spacial score (nSPS) is 13.5. The van der Waals surface area contributed by atoms with Crippen molar-refractivity contribution in [2.75, 3.05) is 5.32 Å². The molecule has 0 bridgehead atoms. The molecule has 3 aromatic heterocycles. The Morgan fingerprint density at radius 2 is 1.79 bits per heavy atom. The van der Waals surface area contributed by atoms with E-state index in [0.29, 0.717) is 5.69 Å². The first kappa shape index (κ1) is 20.8. The summed E-state index contributed by atoms with van der Waals surface area (Å²) in [5.74, 6) is 1.46. The third-order valence-electron chi connectivity index (χ3n) is 6.07. The highest BCUT2D eigenvalue weighted by molar-refractivity contribution is 6.05. The molecule has 4 aromatic rings. The Balaban J connectivity index is 1.40.